The van der Waals surface area contributed by atoms with Crippen molar-refractivity contribution in [2.24, 2.45) is 0 Å². The molecule has 1 amide bonds. The van der Waals surface area contributed by atoms with Crippen molar-refractivity contribution in [2.45, 2.75) is 20.3 Å². The Hall–Kier alpha value is -1.66. The van der Waals surface area contributed by atoms with Gasteiger partial charge in [-0.1, -0.05) is 6.07 Å². The van der Waals surface area contributed by atoms with Gasteiger partial charge in [0.1, 0.15) is 0 Å². The second-order valence-corrected chi connectivity index (χ2v) is 6.96. The maximum Gasteiger partial charge on any atom is 0.229 e. The molecule has 6 heteroatoms. The summed E-state index contributed by atoms with van der Waals surface area (Å²) in [6, 6.07) is 5.92. The van der Waals surface area contributed by atoms with Crippen LogP contribution in [0.15, 0.2) is 18.2 Å². The quantitative estimate of drug-likeness (QED) is 0.845. The number of rotatable bonds is 4. The normalized spacial score (nSPS) is 10.5. The minimum atomic E-state index is -0.0306. The van der Waals surface area contributed by atoms with Gasteiger partial charge in [-0.15, -0.1) is 11.3 Å². The van der Waals surface area contributed by atoms with Crippen molar-refractivity contribution >= 4 is 40.8 Å². The largest absolute Gasteiger partial charge is 0.377 e. The molecule has 0 aliphatic heterocycles. The first kappa shape index (κ1) is 15.7. The smallest absolute Gasteiger partial charge is 0.229 e. The highest BCUT2D eigenvalue weighted by atomic mass is 32.1. The number of nitrogens with zero attached hydrogens (tertiary/aromatic N) is 1. The highest BCUT2D eigenvalue weighted by Crippen LogP contribution is 2.23. The molecule has 2 aromatic rings. The summed E-state index contributed by atoms with van der Waals surface area (Å²) in [7, 11) is 3.98. The highest BCUT2D eigenvalue weighted by molar-refractivity contribution is 7.73. The van der Waals surface area contributed by atoms with Gasteiger partial charge in [-0.25, -0.2) is 0 Å². The third-order valence-electron chi connectivity index (χ3n) is 3.22. The zero-order valence-corrected chi connectivity index (χ0v) is 14.2. The lowest BCUT2D eigenvalue weighted by atomic mass is 10.1. The van der Waals surface area contributed by atoms with E-state index < -0.39 is 0 Å². The number of nitrogens with one attached hydrogen (secondary N) is 2. The van der Waals surface area contributed by atoms with E-state index in [0.717, 1.165) is 21.9 Å². The summed E-state index contributed by atoms with van der Waals surface area (Å²) in [5, 5.41) is 2.94. The minimum Gasteiger partial charge on any atom is -0.377 e. The Morgan fingerprint density at radius 2 is 2.10 bits per heavy atom. The van der Waals surface area contributed by atoms with Crippen LogP contribution in [0.1, 0.15) is 16.1 Å². The highest BCUT2D eigenvalue weighted by Gasteiger charge is 2.10. The fraction of sp³-hybridized carbons (Fsp3) is 0.333. The number of carbonyl (C=O) groups excluding carboxylic acids is 1. The second kappa shape index (κ2) is 6.41. The molecule has 0 atom stereocenters. The standard InChI is InChI=1S/C15H19N3OS2/c1-9-5-6-11(7-12(9)18(3)4)17-14(19)8-13-10(2)16-15(20)21-13/h5-7H,8H2,1-4H3,(H,16,20)(H,17,19). The molecule has 1 heterocycles. The van der Waals surface area contributed by atoms with Gasteiger partial charge in [0.05, 0.1) is 6.42 Å². The molecule has 0 saturated carbocycles. The van der Waals surface area contributed by atoms with Crippen molar-refractivity contribution in [3.8, 4) is 0 Å². The Morgan fingerprint density at radius 1 is 1.38 bits per heavy atom. The summed E-state index contributed by atoms with van der Waals surface area (Å²) in [6.07, 6.45) is 0.342. The van der Waals surface area contributed by atoms with Gasteiger partial charge in [-0.05, 0) is 43.8 Å². The number of hydrogen-bond acceptors (Lipinski definition) is 4. The summed E-state index contributed by atoms with van der Waals surface area (Å²) in [4.78, 5) is 18.2. The molecule has 21 heavy (non-hydrogen) atoms. The molecule has 0 spiro atoms. The Kier molecular flexibility index (Phi) is 4.80. The van der Waals surface area contributed by atoms with E-state index in [1.54, 1.807) is 0 Å². The van der Waals surface area contributed by atoms with Gasteiger partial charge in [0, 0.05) is 36.0 Å². The number of benzene rings is 1. The van der Waals surface area contributed by atoms with Crippen LogP contribution in [0, 0.1) is 17.8 Å². The first-order valence-corrected chi connectivity index (χ1v) is 7.85. The summed E-state index contributed by atoms with van der Waals surface area (Å²) in [6.45, 7) is 3.99. The van der Waals surface area contributed by atoms with Crippen molar-refractivity contribution in [1.82, 2.24) is 4.98 Å². The van der Waals surface area contributed by atoms with Gasteiger partial charge < -0.3 is 15.2 Å². The van der Waals surface area contributed by atoms with Crippen LogP contribution in [0.4, 0.5) is 11.4 Å². The minimum absolute atomic E-state index is 0.0306. The van der Waals surface area contributed by atoms with Crippen LogP contribution in [-0.2, 0) is 11.2 Å². The second-order valence-electron chi connectivity index (χ2n) is 5.18. The van der Waals surface area contributed by atoms with Crippen molar-refractivity contribution in [1.29, 1.82) is 0 Å². The maximum absolute atomic E-state index is 12.1. The summed E-state index contributed by atoms with van der Waals surface area (Å²) in [5.41, 5.74) is 4.06. The third kappa shape index (κ3) is 3.92. The molecule has 2 N–H and O–H groups in total. The molecule has 1 aromatic carbocycles. The van der Waals surface area contributed by atoms with Crippen LogP contribution in [0.3, 0.4) is 0 Å². The van der Waals surface area contributed by atoms with E-state index in [0.29, 0.717) is 10.4 Å². The van der Waals surface area contributed by atoms with Gasteiger partial charge in [-0.3, -0.25) is 4.79 Å². The fourth-order valence-electron chi connectivity index (χ4n) is 2.13. The molecule has 0 radical (unpaired) electrons. The van der Waals surface area contributed by atoms with Crippen LogP contribution in [0.2, 0.25) is 0 Å². The van der Waals surface area contributed by atoms with Gasteiger partial charge in [0.2, 0.25) is 5.91 Å². The average Bonchev–Trinajstić information content (AvgIpc) is 2.69. The van der Waals surface area contributed by atoms with Crippen LogP contribution >= 0.6 is 23.6 Å². The summed E-state index contributed by atoms with van der Waals surface area (Å²) < 4.78 is 0.709. The van der Waals surface area contributed by atoms with Gasteiger partial charge in [0.15, 0.2) is 3.95 Å². The molecule has 0 aliphatic carbocycles. The lowest BCUT2D eigenvalue weighted by Crippen LogP contribution is -2.15. The van der Waals surface area contributed by atoms with Crippen molar-refractivity contribution in [3.63, 3.8) is 0 Å². The van der Waals surface area contributed by atoms with Gasteiger partial charge in [-0.2, -0.15) is 0 Å². The molecule has 0 aliphatic rings. The van der Waals surface area contributed by atoms with Gasteiger partial charge >= 0.3 is 0 Å². The van der Waals surface area contributed by atoms with E-state index in [9.17, 15) is 4.79 Å². The first-order chi connectivity index (χ1) is 9.86. The fourth-order valence-corrected chi connectivity index (χ4v) is 3.42. The molecule has 112 valence electrons. The number of H-pyrrole nitrogens is 1. The Labute approximate surface area is 133 Å². The topological polar surface area (TPSA) is 48.1 Å². The Balaban J connectivity index is 2.11. The van der Waals surface area contributed by atoms with E-state index in [-0.39, 0.29) is 5.91 Å². The number of aromatic amines is 1. The predicted molar refractivity (Wildman–Crippen MR) is 92.1 cm³/mol. The predicted octanol–water partition coefficient (Wildman–Crippen LogP) is 3.67. The van der Waals surface area contributed by atoms with E-state index in [1.807, 2.05) is 44.1 Å². The maximum atomic E-state index is 12.1. The number of aromatic nitrogens is 1. The van der Waals surface area contributed by atoms with Gasteiger partial charge in [0.25, 0.3) is 0 Å². The molecule has 2 rings (SSSR count). The number of anilines is 2. The molecule has 0 bridgehead atoms. The Morgan fingerprint density at radius 3 is 2.67 bits per heavy atom. The van der Waals surface area contributed by atoms with E-state index in [2.05, 4.69) is 17.2 Å². The van der Waals surface area contributed by atoms with Crippen molar-refractivity contribution < 1.29 is 4.79 Å². The Bertz CT molecular complexity index is 716. The third-order valence-corrected chi connectivity index (χ3v) is 4.56. The number of hydrogen-bond donors (Lipinski definition) is 2. The lowest BCUT2D eigenvalue weighted by Gasteiger charge is -2.17. The molecule has 0 fully saturated rings. The summed E-state index contributed by atoms with van der Waals surface area (Å²) in [5.74, 6) is -0.0306. The zero-order valence-electron chi connectivity index (χ0n) is 12.6. The number of carbonyl (C=O) groups is 1. The van der Waals surface area contributed by atoms with Crippen LogP contribution in [0.5, 0.6) is 0 Å². The monoisotopic (exact) mass is 321 g/mol. The van der Waals surface area contributed by atoms with Crippen LogP contribution < -0.4 is 10.2 Å². The molecular formula is C15H19N3OS2. The average molecular weight is 321 g/mol. The molecule has 1 aromatic heterocycles. The van der Waals surface area contributed by atoms with Crippen LogP contribution in [0.25, 0.3) is 0 Å². The van der Waals surface area contributed by atoms with Crippen LogP contribution in [-0.4, -0.2) is 25.0 Å². The van der Waals surface area contributed by atoms with E-state index in [1.165, 1.54) is 16.9 Å². The van der Waals surface area contributed by atoms with E-state index >= 15 is 0 Å². The lowest BCUT2D eigenvalue weighted by molar-refractivity contribution is -0.115. The SMILES string of the molecule is Cc1ccc(NC(=O)Cc2sc(=S)[nH]c2C)cc1N(C)C. The van der Waals surface area contributed by atoms with E-state index in [4.69, 9.17) is 12.2 Å². The summed E-state index contributed by atoms with van der Waals surface area (Å²) >= 11 is 6.54. The zero-order chi connectivity index (χ0) is 15.6. The number of thiazole rings is 1. The molecule has 0 saturated heterocycles. The van der Waals surface area contributed by atoms with Crippen molar-refractivity contribution in [2.75, 3.05) is 24.3 Å². The first-order valence-electron chi connectivity index (χ1n) is 6.63. The molecule has 4 nitrogen and oxygen atoms in total. The molecular weight excluding hydrogens is 302 g/mol. The number of aryl methyl sites for hydroxylation is 2. The number of amides is 1. The molecule has 0 unspecified atom stereocenters. The van der Waals surface area contributed by atoms with Crippen molar-refractivity contribution in [3.05, 3.63) is 38.3 Å².